The molecule has 236 valence electrons. The molecular weight excluding hydrogens is 613 g/mol. The molecule has 10 nitrogen and oxygen atoms in total. The molecule has 5 rings (SSSR count). The molecule has 0 bridgehead atoms. The maximum Gasteiger partial charge on any atom is 0.416 e. The number of aromatic nitrogens is 2. The minimum atomic E-state index is -4.57. The van der Waals surface area contributed by atoms with Gasteiger partial charge in [-0.3, -0.25) is 4.79 Å². The number of carboxylic acid groups (broad SMARTS) is 1. The summed E-state index contributed by atoms with van der Waals surface area (Å²) < 4.78 is 71.3. The van der Waals surface area contributed by atoms with Gasteiger partial charge in [-0.2, -0.15) is 13.2 Å². The quantitative estimate of drug-likeness (QED) is 0.238. The van der Waals surface area contributed by atoms with Gasteiger partial charge in [0.2, 0.25) is 5.89 Å². The van der Waals surface area contributed by atoms with E-state index in [1.54, 1.807) is 48.7 Å². The number of carbonyl (C=O) groups excluding carboxylic acids is 1. The molecule has 45 heavy (non-hydrogen) atoms. The molecule has 14 heteroatoms. The van der Waals surface area contributed by atoms with Gasteiger partial charge in [-0.15, -0.1) is 0 Å². The number of oxazole rings is 1. The van der Waals surface area contributed by atoms with Crippen LogP contribution in [0.5, 0.6) is 0 Å². The summed E-state index contributed by atoms with van der Waals surface area (Å²) in [6.07, 6.45) is -0.144. The van der Waals surface area contributed by atoms with E-state index in [9.17, 15) is 36.3 Å². The highest BCUT2D eigenvalue weighted by Gasteiger charge is 2.33. The molecule has 1 fully saturated rings. The highest BCUT2D eigenvalue weighted by atomic mass is 32.2. The van der Waals surface area contributed by atoms with Crippen LogP contribution in [-0.4, -0.2) is 60.3 Å². The fraction of sp³-hybridized carbons (Fsp3) is 0.290. The number of pyridine rings is 1. The molecule has 1 aliphatic rings. The van der Waals surface area contributed by atoms with Crippen molar-refractivity contribution < 1.29 is 40.7 Å². The van der Waals surface area contributed by atoms with E-state index in [-0.39, 0.29) is 22.9 Å². The van der Waals surface area contributed by atoms with Crippen molar-refractivity contribution >= 4 is 27.5 Å². The lowest BCUT2D eigenvalue weighted by molar-refractivity contribution is -0.139. The summed E-state index contributed by atoms with van der Waals surface area (Å²) in [6, 6.07) is 13.6. The monoisotopic (exact) mass is 642 g/mol. The number of benzene rings is 2. The number of aliphatic carboxylic acids is 1. The first-order valence-electron chi connectivity index (χ1n) is 14.1. The normalized spacial score (nSPS) is 14.6. The van der Waals surface area contributed by atoms with Crippen molar-refractivity contribution in [3.05, 3.63) is 89.7 Å². The second kappa shape index (κ2) is 13.1. The number of anilines is 1. The number of hydrogen-bond acceptors (Lipinski definition) is 8. The fourth-order valence-electron chi connectivity index (χ4n) is 5.06. The van der Waals surface area contributed by atoms with E-state index >= 15 is 0 Å². The topological polar surface area (TPSA) is 143 Å². The van der Waals surface area contributed by atoms with Crippen LogP contribution in [0.1, 0.15) is 40.9 Å². The van der Waals surface area contributed by atoms with E-state index in [1.807, 2.05) is 4.90 Å². The van der Waals surface area contributed by atoms with Gasteiger partial charge in [-0.1, -0.05) is 30.3 Å². The Morgan fingerprint density at radius 3 is 2.31 bits per heavy atom. The van der Waals surface area contributed by atoms with E-state index in [0.717, 1.165) is 43.5 Å². The number of alkyl halides is 3. The highest BCUT2D eigenvalue weighted by Crippen LogP contribution is 2.37. The van der Waals surface area contributed by atoms with Crippen molar-refractivity contribution in [2.45, 2.75) is 37.2 Å². The van der Waals surface area contributed by atoms with Crippen molar-refractivity contribution in [2.24, 2.45) is 0 Å². The van der Waals surface area contributed by atoms with Crippen molar-refractivity contribution in [2.75, 3.05) is 23.7 Å². The third kappa shape index (κ3) is 7.69. The van der Waals surface area contributed by atoms with Gasteiger partial charge in [0.25, 0.3) is 5.91 Å². The molecular formula is C31H29F3N4O6S. The Balaban J connectivity index is 1.51. The lowest BCUT2D eigenvalue weighted by Gasteiger charge is -2.29. The minimum absolute atomic E-state index is 0.0904. The first kappa shape index (κ1) is 31.7. The highest BCUT2D eigenvalue weighted by molar-refractivity contribution is 7.90. The Labute approximate surface area is 256 Å². The van der Waals surface area contributed by atoms with Crippen LogP contribution < -0.4 is 10.2 Å². The molecule has 3 heterocycles. The average molecular weight is 643 g/mol. The molecule has 1 amide bonds. The first-order valence-corrected chi connectivity index (χ1v) is 15.9. The summed E-state index contributed by atoms with van der Waals surface area (Å²) in [6.45, 7) is 1.37. The van der Waals surface area contributed by atoms with Gasteiger partial charge in [0, 0.05) is 24.8 Å². The summed E-state index contributed by atoms with van der Waals surface area (Å²) in [4.78, 5) is 36.5. The van der Waals surface area contributed by atoms with Crippen LogP contribution in [-0.2, 0) is 26.6 Å². The zero-order chi connectivity index (χ0) is 32.2. The summed E-state index contributed by atoms with van der Waals surface area (Å²) in [5.41, 5.74) is -0.319. The Kier molecular flexibility index (Phi) is 9.23. The molecule has 2 aromatic heterocycles. The van der Waals surface area contributed by atoms with Crippen LogP contribution in [0.25, 0.3) is 22.8 Å². The van der Waals surface area contributed by atoms with Gasteiger partial charge >= 0.3 is 12.1 Å². The Morgan fingerprint density at radius 1 is 0.978 bits per heavy atom. The van der Waals surface area contributed by atoms with Gasteiger partial charge in [0.15, 0.2) is 21.3 Å². The van der Waals surface area contributed by atoms with Gasteiger partial charge in [0.1, 0.15) is 11.9 Å². The Morgan fingerprint density at radius 2 is 1.67 bits per heavy atom. The van der Waals surface area contributed by atoms with Crippen LogP contribution in [0.2, 0.25) is 0 Å². The predicted octanol–water partition coefficient (Wildman–Crippen LogP) is 5.21. The van der Waals surface area contributed by atoms with Crippen molar-refractivity contribution in [3.63, 3.8) is 0 Å². The molecule has 1 saturated heterocycles. The minimum Gasteiger partial charge on any atom is -0.480 e. The summed E-state index contributed by atoms with van der Waals surface area (Å²) in [5.74, 6) is -3.75. The van der Waals surface area contributed by atoms with Gasteiger partial charge in [-0.25, -0.2) is 23.2 Å². The van der Waals surface area contributed by atoms with Crippen LogP contribution in [0.15, 0.2) is 77.3 Å². The van der Waals surface area contributed by atoms with Crippen LogP contribution >= 0.6 is 0 Å². The van der Waals surface area contributed by atoms with Crippen molar-refractivity contribution in [1.82, 2.24) is 15.3 Å². The van der Waals surface area contributed by atoms with Crippen molar-refractivity contribution in [3.8, 4) is 22.8 Å². The maximum absolute atomic E-state index is 13.6. The van der Waals surface area contributed by atoms with Gasteiger partial charge in [0.05, 0.1) is 22.6 Å². The number of nitrogens with zero attached hydrogens (tertiary/aromatic N) is 3. The van der Waals surface area contributed by atoms with Crippen LogP contribution in [0.3, 0.4) is 0 Å². The van der Waals surface area contributed by atoms with E-state index in [1.165, 1.54) is 0 Å². The van der Waals surface area contributed by atoms with Crippen molar-refractivity contribution in [1.29, 1.82) is 0 Å². The number of sulfone groups is 1. The van der Waals surface area contributed by atoms with E-state index in [4.69, 9.17) is 4.42 Å². The third-order valence-corrected chi connectivity index (χ3v) is 8.86. The molecule has 4 aromatic rings. The Bertz CT molecular complexity index is 1770. The number of carboxylic acids is 1. The SMILES string of the molecule is O=C(NC(CS(=O)(=O)Cc1ccccc1)C(=O)O)c1nc(-c2ccc(C(F)(F)F)cc2)oc1-c1cccnc1N1CCCCC1. The number of halogens is 3. The molecule has 0 radical (unpaired) electrons. The number of rotatable bonds is 10. The number of piperidine rings is 1. The fourth-order valence-corrected chi connectivity index (χ4v) is 6.61. The second-order valence-corrected chi connectivity index (χ2v) is 12.7. The third-order valence-electron chi connectivity index (χ3n) is 7.24. The summed E-state index contributed by atoms with van der Waals surface area (Å²) >= 11 is 0. The molecule has 0 saturated carbocycles. The first-order chi connectivity index (χ1) is 21.4. The number of amides is 1. The standard InChI is InChI=1S/C31H29F3N4O6S/c32-31(33,34)22-13-11-21(12-14-22)29-37-25(26(44-29)23-10-7-15-35-27(23)38-16-5-2-6-17-38)28(39)36-24(30(40)41)19-45(42,43)18-20-8-3-1-4-9-20/h1,3-4,7-15,24H,2,5-6,16-19H2,(H,36,39)(H,40,41). The second-order valence-electron chi connectivity index (χ2n) is 10.6. The zero-order valence-electron chi connectivity index (χ0n) is 23.8. The average Bonchev–Trinajstić information content (AvgIpc) is 3.47. The van der Waals surface area contributed by atoms with Crippen LogP contribution in [0, 0.1) is 0 Å². The van der Waals surface area contributed by atoms with E-state index < -0.39 is 51.0 Å². The largest absolute Gasteiger partial charge is 0.480 e. The van der Waals surface area contributed by atoms with Gasteiger partial charge in [-0.05, 0) is 61.2 Å². The smallest absolute Gasteiger partial charge is 0.416 e. The number of hydrogen-bond donors (Lipinski definition) is 2. The zero-order valence-corrected chi connectivity index (χ0v) is 24.6. The Hall–Kier alpha value is -4.72. The maximum atomic E-state index is 13.6. The molecule has 0 aliphatic carbocycles. The van der Waals surface area contributed by atoms with E-state index in [0.29, 0.717) is 30.0 Å². The summed E-state index contributed by atoms with van der Waals surface area (Å²) in [7, 11) is -3.99. The molecule has 2 aromatic carbocycles. The number of carbonyl (C=O) groups is 2. The molecule has 1 aliphatic heterocycles. The lowest BCUT2D eigenvalue weighted by Crippen LogP contribution is -2.45. The predicted molar refractivity (Wildman–Crippen MR) is 159 cm³/mol. The molecule has 0 spiro atoms. The molecule has 1 unspecified atom stereocenters. The molecule has 2 N–H and O–H groups in total. The molecule has 1 atom stereocenters. The number of nitrogens with one attached hydrogen (secondary N) is 1. The van der Waals surface area contributed by atoms with E-state index in [2.05, 4.69) is 15.3 Å². The lowest BCUT2D eigenvalue weighted by atomic mass is 10.1. The summed E-state index contributed by atoms with van der Waals surface area (Å²) in [5, 5.41) is 12.1. The van der Waals surface area contributed by atoms with Crippen LogP contribution in [0.4, 0.5) is 19.0 Å². The van der Waals surface area contributed by atoms with Gasteiger partial charge < -0.3 is 19.7 Å².